The van der Waals surface area contributed by atoms with Crippen LogP contribution in [0.3, 0.4) is 0 Å². The van der Waals surface area contributed by atoms with E-state index in [9.17, 15) is 4.79 Å². The maximum atomic E-state index is 11.9. The molecular formula is C15H20N4O2. The van der Waals surface area contributed by atoms with Gasteiger partial charge in [-0.2, -0.15) is 5.10 Å². The first kappa shape index (κ1) is 15.1. The summed E-state index contributed by atoms with van der Waals surface area (Å²) in [7, 11) is 1.79. The Morgan fingerprint density at radius 1 is 1.43 bits per heavy atom. The van der Waals surface area contributed by atoms with Crippen molar-refractivity contribution in [2.24, 2.45) is 12.8 Å². The molecule has 0 aliphatic heterocycles. The van der Waals surface area contributed by atoms with Crippen LogP contribution >= 0.6 is 0 Å². The van der Waals surface area contributed by atoms with Crippen molar-refractivity contribution >= 4 is 5.91 Å². The topological polar surface area (TPSA) is 82.2 Å². The molecule has 0 aliphatic carbocycles. The number of para-hydroxylation sites is 1. The number of nitrogens with two attached hydrogens (primary N) is 1. The molecule has 0 radical (unpaired) electrons. The van der Waals surface area contributed by atoms with Crippen LogP contribution in [0.4, 0.5) is 0 Å². The van der Waals surface area contributed by atoms with Crippen LogP contribution in [0.2, 0.25) is 0 Å². The lowest BCUT2D eigenvalue weighted by atomic mass is 10.1. The Balaban J connectivity index is 1.65. The van der Waals surface area contributed by atoms with Crippen LogP contribution in [-0.4, -0.2) is 28.8 Å². The van der Waals surface area contributed by atoms with Gasteiger partial charge >= 0.3 is 0 Å². The summed E-state index contributed by atoms with van der Waals surface area (Å²) in [5, 5.41) is 6.80. The van der Waals surface area contributed by atoms with Crippen molar-refractivity contribution in [1.29, 1.82) is 0 Å². The minimum absolute atomic E-state index is 0.206. The highest BCUT2D eigenvalue weighted by Crippen LogP contribution is 2.09. The van der Waals surface area contributed by atoms with E-state index in [-0.39, 0.29) is 5.91 Å². The lowest BCUT2D eigenvalue weighted by Gasteiger charge is -2.11. The van der Waals surface area contributed by atoms with Gasteiger partial charge in [-0.25, -0.2) is 0 Å². The van der Waals surface area contributed by atoms with Crippen LogP contribution in [0.5, 0.6) is 5.75 Å². The quantitative estimate of drug-likeness (QED) is 0.745. The first-order valence-electron chi connectivity index (χ1n) is 6.86. The van der Waals surface area contributed by atoms with Gasteiger partial charge < -0.3 is 15.8 Å². The third-order valence-corrected chi connectivity index (χ3v) is 3.00. The summed E-state index contributed by atoms with van der Waals surface area (Å²) in [5.41, 5.74) is 6.57. The zero-order valence-electron chi connectivity index (χ0n) is 12.0. The highest BCUT2D eigenvalue weighted by atomic mass is 16.5. The number of carbonyl (C=O) groups is 1. The number of aromatic nitrogens is 2. The maximum absolute atomic E-state index is 11.9. The number of benzene rings is 1. The monoisotopic (exact) mass is 288 g/mol. The zero-order chi connectivity index (χ0) is 15.1. The summed E-state index contributed by atoms with van der Waals surface area (Å²) in [5.74, 6) is 0.624. The molecule has 0 saturated carbocycles. The molecule has 0 bridgehead atoms. The average Bonchev–Trinajstić information content (AvgIpc) is 2.93. The molecule has 1 heterocycles. The molecule has 6 heteroatoms. The second kappa shape index (κ2) is 7.44. The molecule has 1 aromatic carbocycles. The van der Waals surface area contributed by atoms with Crippen molar-refractivity contribution in [3.63, 3.8) is 0 Å². The molecule has 0 fully saturated rings. The largest absolute Gasteiger partial charge is 0.494 e. The molecule has 1 amide bonds. The number of carbonyl (C=O) groups excluding carboxylic acids is 1. The molecule has 1 atom stereocenters. The Morgan fingerprint density at radius 2 is 2.19 bits per heavy atom. The molecule has 0 spiro atoms. The van der Waals surface area contributed by atoms with Gasteiger partial charge in [0.25, 0.3) is 0 Å². The van der Waals surface area contributed by atoms with E-state index < -0.39 is 6.04 Å². The molecule has 2 aromatic rings. The second-order valence-corrected chi connectivity index (χ2v) is 4.73. The van der Waals surface area contributed by atoms with Crippen molar-refractivity contribution < 1.29 is 9.53 Å². The normalized spacial score (nSPS) is 11.9. The Morgan fingerprint density at radius 3 is 2.86 bits per heavy atom. The van der Waals surface area contributed by atoms with Crippen LogP contribution in [0.25, 0.3) is 0 Å². The highest BCUT2D eigenvalue weighted by molar-refractivity contribution is 5.82. The highest BCUT2D eigenvalue weighted by Gasteiger charge is 2.16. The fourth-order valence-corrected chi connectivity index (χ4v) is 1.85. The van der Waals surface area contributed by atoms with Crippen LogP contribution in [0, 0.1) is 0 Å². The van der Waals surface area contributed by atoms with Crippen molar-refractivity contribution in [3.8, 4) is 5.75 Å². The molecule has 1 aromatic heterocycles. The molecule has 112 valence electrons. The van der Waals surface area contributed by atoms with E-state index in [4.69, 9.17) is 10.5 Å². The van der Waals surface area contributed by atoms with Crippen LogP contribution < -0.4 is 15.8 Å². The molecule has 0 saturated heterocycles. The number of nitrogens with one attached hydrogen (secondary N) is 1. The smallest absolute Gasteiger partial charge is 0.241 e. The molecule has 1 unspecified atom stereocenters. The number of nitrogens with zero attached hydrogens (tertiary/aromatic N) is 2. The minimum atomic E-state index is -0.686. The molecule has 2 rings (SSSR count). The third kappa shape index (κ3) is 4.61. The van der Waals surface area contributed by atoms with Gasteiger partial charge in [0.2, 0.25) is 5.91 Å². The second-order valence-electron chi connectivity index (χ2n) is 4.73. The number of rotatable bonds is 7. The SMILES string of the molecule is Cn1cc(C(N)C(=O)NCCCOc2ccccc2)cn1. The van der Waals surface area contributed by atoms with Gasteiger partial charge in [-0.15, -0.1) is 0 Å². The fourth-order valence-electron chi connectivity index (χ4n) is 1.85. The molecule has 3 N–H and O–H groups in total. The predicted octanol–water partition coefficient (Wildman–Crippen LogP) is 1.01. The van der Waals surface area contributed by atoms with E-state index in [0.717, 1.165) is 12.2 Å². The molecule has 6 nitrogen and oxygen atoms in total. The average molecular weight is 288 g/mol. The summed E-state index contributed by atoms with van der Waals surface area (Å²) in [6, 6.07) is 8.89. The summed E-state index contributed by atoms with van der Waals surface area (Å²) in [6.07, 6.45) is 4.06. The predicted molar refractivity (Wildman–Crippen MR) is 79.7 cm³/mol. The van der Waals surface area contributed by atoms with Gasteiger partial charge in [-0.3, -0.25) is 9.48 Å². The number of hydrogen-bond donors (Lipinski definition) is 2. The van der Waals surface area contributed by atoms with E-state index in [1.807, 2.05) is 30.3 Å². The van der Waals surface area contributed by atoms with Crippen molar-refractivity contribution in [1.82, 2.24) is 15.1 Å². The van der Waals surface area contributed by atoms with Crippen molar-refractivity contribution in [2.75, 3.05) is 13.2 Å². The standard InChI is InChI=1S/C15H20N4O2/c1-19-11-12(10-18-19)14(16)15(20)17-8-5-9-21-13-6-3-2-4-7-13/h2-4,6-7,10-11,14H,5,8-9,16H2,1H3,(H,17,20). The van der Waals surface area contributed by atoms with E-state index in [2.05, 4.69) is 10.4 Å². The van der Waals surface area contributed by atoms with Gasteiger partial charge in [-0.1, -0.05) is 18.2 Å². The molecule has 0 aliphatic rings. The Bertz CT molecular complexity index is 568. The Kier molecular flexibility index (Phi) is 5.34. The summed E-state index contributed by atoms with van der Waals surface area (Å²) in [4.78, 5) is 11.9. The van der Waals surface area contributed by atoms with Crippen molar-refractivity contribution in [2.45, 2.75) is 12.5 Å². The number of hydrogen-bond acceptors (Lipinski definition) is 4. The third-order valence-electron chi connectivity index (χ3n) is 3.00. The van der Waals surface area contributed by atoms with Gasteiger partial charge in [0.15, 0.2) is 0 Å². The molecular weight excluding hydrogens is 268 g/mol. The van der Waals surface area contributed by atoms with E-state index in [1.165, 1.54) is 0 Å². The Hall–Kier alpha value is -2.34. The minimum Gasteiger partial charge on any atom is -0.494 e. The lowest BCUT2D eigenvalue weighted by molar-refractivity contribution is -0.122. The van der Waals surface area contributed by atoms with Crippen LogP contribution in [0.15, 0.2) is 42.7 Å². The first-order chi connectivity index (χ1) is 10.2. The maximum Gasteiger partial charge on any atom is 0.241 e. The van der Waals surface area contributed by atoms with Crippen LogP contribution in [-0.2, 0) is 11.8 Å². The van der Waals surface area contributed by atoms with E-state index in [1.54, 1.807) is 24.1 Å². The number of aryl methyl sites for hydroxylation is 1. The van der Waals surface area contributed by atoms with Gasteiger partial charge in [-0.05, 0) is 18.6 Å². The summed E-state index contributed by atoms with van der Waals surface area (Å²) >= 11 is 0. The van der Waals surface area contributed by atoms with Gasteiger partial charge in [0.05, 0.1) is 12.8 Å². The number of amides is 1. The van der Waals surface area contributed by atoms with Crippen molar-refractivity contribution in [3.05, 3.63) is 48.3 Å². The molecule has 21 heavy (non-hydrogen) atoms. The lowest BCUT2D eigenvalue weighted by Crippen LogP contribution is -2.34. The van der Waals surface area contributed by atoms with E-state index >= 15 is 0 Å². The van der Waals surface area contributed by atoms with Gasteiger partial charge in [0, 0.05) is 25.4 Å². The Labute approximate surface area is 123 Å². The van der Waals surface area contributed by atoms with E-state index in [0.29, 0.717) is 18.7 Å². The van der Waals surface area contributed by atoms with Gasteiger partial charge in [0.1, 0.15) is 11.8 Å². The first-order valence-corrected chi connectivity index (χ1v) is 6.86. The summed E-state index contributed by atoms with van der Waals surface area (Å²) < 4.78 is 7.16. The summed E-state index contributed by atoms with van der Waals surface area (Å²) in [6.45, 7) is 1.08. The zero-order valence-corrected chi connectivity index (χ0v) is 12.0. The number of ether oxygens (including phenoxy) is 1. The fraction of sp³-hybridized carbons (Fsp3) is 0.333. The van der Waals surface area contributed by atoms with Crippen LogP contribution in [0.1, 0.15) is 18.0 Å².